The lowest BCUT2D eigenvalue weighted by Gasteiger charge is -2.09. The van der Waals surface area contributed by atoms with E-state index in [2.05, 4.69) is 10.1 Å². The van der Waals surface area contributed by atoms with Crippen LogP contribution in [0.4, 0.5) is 10.5 Å². The molecule has 6 heteroatoms. The summed E-state index contributed by atoms with van der Waals surface area (Å²) in [5, 5.41) is 3.35. The van der Waals surface area contributed by atoms with Crippen LogP contribution in [-0.2, 0) is 4.74 Å². The highest BCUT2D eigenvalue weighted by atomic mass is 35.5. The van der Waals surface area contributed by atoms with Gasteiger partial charge in [-0.2, -0.15) is 0 Å². The summed E-state index contributed by atoms with van der Waals surface area (Å²) in [4.78, 5) is 11.1. The highest BCUT2D eigenvalue weighted by Gasteiger charge is 2.11. The minimum Gasteiger partial charge on any atom is -0.450 e. The quantitative estimate of drug-likeness (QED) is 0.872. The minimum atomic E-state index is -0.608. The molecule has 0 bridgehead atoms. The predicted octanol–water partition coefficient (Wildman–Crippen LogP) is 4.22. The molecule has 0 spiro atoms. The first-order chi connectivity index (χ1) is 7.04. The molecule has 0 aliphatic heterocycles. The molecule has 0 aromatic heterocycles. The van der Waals surface area contributed by atoms with Gasteiger partial charge in [-0.15, -0.1) is 0 Å². The highest BCUT2D eigenvalue weighted by Crippen LogP contribution is 2.33. The molecule has 0 heterocycles. The van der Waals surface area contributed by atoms with E-state index >= 15 is 0 Å². The van der Waals surface area contributed by atoms with Gasteiger partial charge < -0.3 is 4.74 Å². The lowest BCUT2D eigenvalue weighted by Crippen LogP contribution is -2.13. The van der Waals surface area contributed by atoms with Gasteiger partial charge in [-0.25, -0.2) is 4.79 Å². The SMILES string of the molecule is CCOC(=O)Nc1c(Cl)cc(Cl)cc1Cl. The van der Waals surface area contributed by atoms with Gasteiger partial charge in [0.25, 0.3) is 0 Å². The lowest BCUT2D eigenvalue weighted by atomic mass is 10.3. The Morgan fingerprint density at radius 3 is 2.33 bits per heavy atom. The maximum atomic E-state index is 11.1. The van der Waals surface area contributed by atoms with E-state index in [-0.39, 0.29) is 16.7 Å². The average molecular weight is 269 g/mol. The Labute approximate surface area is 102 Å². The first-order valence-electron chi connectivity index (χ1n) is 4.13. The largest absolute Gasteiger partial charge is 0.450 e. The van der Waals surface area contributed by atoms with Gasteiger partial charge in [0.15, 0.2) is 0 Å². The number of benzene rings is 1. The maximum Gasteiger partial charge on any atom is 0.411 e. The van der Waals surface area contributed by atoms with Crippen LogP contribution < -0.4 is 5.32 Å². The molecule has 0 atom stereocenters. The number of anilines is 1. The summed E-state index contributed by atoms with van der Waals surface area (Å²) < 4.78 is 4.69. The van der Waals surface area contributed by atoms with Gasteiger partial charge in [-0.1, -0.05) is 34.8 Å². The third-order valence-corrected chi connectivity index (χ3v) is 2.32. The van der Waals surface area contributed by atoms with Gasteiger partial charge in [-0.3, -0.25) is 5.32 Å². The molecule has 15 heavy (non-hydrogen) atoms. The summed E-state index contributed by atoms with van der Waals surface area (Å²) in [5.74, 6) is 0. The molecule has 0 radical (unpaired) electrons. The lowest BCUT2D eigenvalue weighted by molar-refractivity contribution is 0.168. The van der Waals surface area contributed by atoms with E-state index in [1.54, 1.807) is 6.92 Å². The van der Waals surface area contributed by atoms with Crippen molar-refractivity contribution < 1.29 is 9.53 Å². The van der Waals surface area contributed by atoms with Crippen molar-refractivity contribution in [3.63, 3.8) is 0 Å². The third-order valence-electron chi connectivity index (χ3n) is 1.51. The second-order valence-electron chi connectivity index (χ2n) is 2.59. The molecule has 1 aromatic carbocycles. The number of nitrogens with one attached hydrogen (secondary N) is 1. The summed E-state index contributed by atoms with van der Waals surface area (Å²) in [6.07, 6.45) is -0.608. The molecule has 1 amide bonds. The molecule has 3 nitrogen and oxygen atoms in total. The van der Waals surface area contributed by atoms with Gasteiger partial charge >= 0.3 is 6.09 Å². The fourth-order valence-electron chi connectivity index (χ4n) is 0.931. The summed E-state index contributed by atoms with van der Waals surface area (Å²) in [6, 6.07) is 2.97. The van der Waals surface area contributed by atoms with E-state index in [0.29, 0.717) is 10.7 Å². The van der Waals surface area contributed by atoms with Crippen LogP contribution in [0.15, 0.2) is 12.1 Å². The number of hydrogen-bond acceptors (Lipinski definition) is 2. The van der Waals surface area contributed by atoms with Crippen molar-refractivity contribution in [2.75, 3.05) is 11.9 Å². The zero-order valence-corrected chi connectivity index (χ0v) is 10.1. The summed E-state index contributed by atoms with van der Waals surface area (Å²) in [6.45, 7) is 1.97. The minimum absolute atomic E-state index is 0.264. The molecule has 0 saturated carbocycles. The standard InChI is InChI=1S/C9H8Cl3NO2/c1-2-15-9(14)13-8-6(11)3-5(10)4-7(8)12/h3-4H,2H2,1H3,(H,13,14). The van der Waals surface area contributed by atoms with Crippen LogP contribution >= 0.6 is 34.8 Å². The molecular weight excluding hydrogens is 260 g/mol. The fraction of sp³-hybridized carbons (Fsp3) is 0.222. The highest BCUT2D eigenvalue weighted by molar-refractivity contribution is 6.42. The summed E-state index contributed by atoms with van der Waals surface area (Å²) >= 11 is 17.4. The van der Waals surface area contributed by atoms with E-state index in [0.717, 1.165) is 0 Å². The molecule has 82 valence electrons. The van der Waals surface area contributed by atoms with Crippen molar-refractivity contribution in [3.05, 3.63) is 27.2 Å². The van der Waals surface area contributed by atoms with E-state index in [4.69, 9.17) is 34.8 Å². The smallest absolute Gasteiger partial charge is 0.411 e. The van der Waals surface area contributed by atoms with Crippen molar-refractivity contribution in [3.8, 4) is 0 Å². The number of amides is 1. The number of halogens is 3. The van der Waals surface area contributed by atoms with Gasteiger partial charge in [0.05, 0.1) is 22.3 Å². The average Bonchev–Trinajstić information content (AvgIpc) is 2.11. The normalized spacial score (nSPS) is 9.87. The molecule has 0 aliphatic rings. The van der Waals surface area contributed by atoms with E-state index < -0.39 is 6.09 Å². The zero-order chi connectivity index (χ0) is 11.4. The second kappa shape index (κ2) is 5.45. The fourth-order valence-corrected chi connectivity index (χ4v) is 1.84. The number of carbonyl (C=O) groups excluding carboxylic acids is 1. The Hall–Kier alpha value is -0.640. The van der Waals surface area contributed by atoms with Crippen LogP contribution in [0.2, 0.25) is 15.1 Å². The van der Waals surface area contributed by atoms with Crippen molar-refractivity contribution in [1.82, 2.24) is 0 Å². The van der Waals surface area contributed by atoms with Crippen molar-refractivity contribution >= 4 is 46.6 Å². The van der Waals surface area contributed by atoms with Crippen LogP contribution in [0, 0.1) is 0 Å². The molecule has 1 N–H and O–H groups in total. The molecular formula is C9H8Cl3NO2. The summed E-state index contributed by atoms with van der Waals surface area (Å²) in [7, 11) is 0. The monoisotopic (exact) mass is 267 g/mol. The van der Waals surface area contributed by atoms with Gasteiger partial charge in [0, 0.05) is 5.02 Å². The zero-order valence-electron chi connectivity index (χ0n) is 7.81. The van der Waals surface area contributed by atoms with E-state index in [1.807, 2.05) is 0 Å². The van der Waals surface area contributed by atoms with Crippen LogP contribution in [-0.4, -0.2) is 12.7 Å². The maximum absolute atomic E-state index is 11.1. The van der Waals surface area contributed by atoms with Crippen molar-refractivity contribution in [2.45, 2.75) is 6.92 Å². The Balaban J connectivity index is 2.90. The Morgan fingerprint density at radius 1 is 1.33 bits per heavy atom. The van der Waals surface area contributed by atoms with E-state index in [1.165, 1.54) is 12.1 Å². The molecule has 0 aliphatic carbocycles. The van der Waals surface area contributed by atoms with Crippen LogP contribution in [0.3, 0.4) is 0 Å². The van der Waals surface area contributed by atoms with E-state index in [9.17, 15) is 4.79 Å². The Bertz CT molecular complexity index is 359. The van der Waals surface area contributed by atoms with Gasteiger partial charge in [0.1, 0.15) is 0 Å². The van der Waals surface area contributed by atoms with Gasteiger partial charge in [0.2, 0.25) is 0 Å². The molecule has 0 fully saturated rings. The van der Waals surface area contributed by atoms with Crippen LogP contribution in [0.25, 0.3) is 0 Å². The second-order valence-corrected chi connectivity index (χ2v) is 3.84. The van der Waals surface area contributed by atoms with Crippen LogP contribution in [0.1, 0.15) is 6.92 Å². The first-order valence-corrected chi connectivity index (χ1v) is 5.26. The molecule has 0 saturated heterocycles. The topological polar surface area (TPSA) is 38.3 Å². The predicted molar refractivity (Wildman–Crippen MR) is 62.1 cm³/mol. The molecule has 1 aromatic rings. The number of hydrogen-bond donors (Lipinski definition) is 1. The van der Waals surface area contributed by atoms with Crippen LogP contribution in [0.5, 0.6) is 0 Å². The van der Waals surface area contributed by atoms with Crippen molar-refractivity contribution in [2.24, 2.45) is 0 Å². The number of rotatable bonds is 2. The molecule has 1 rings (SSSR count). The molecule has 0 unspecified atom stereocenters. The third kappa shape index (κ3) is 3.45. The Morgan fingerprint density at radius 2 is 1.87 bits per heavy atom. The number of carbonyl (C=O) groups is 1. The van der Waals surface area contributed by atoms with Gasteiger partial charge in [-0.05, 0) is 19.1 Å². The summed E-state index contributed by atoms with van der Waals surface area (Å²) in [5.41, 5.74) is 0.293. The Kier molecular flexibility index (Phi) is 4.51. The number of ether oxygens (including phenoxy) is 1. The van der Waals surface area contributed by atoms with Crippen molar-refractivity contribution in [1.29, 1.82) is 0 Å². The first kappa shape index (κ1) is 12.4.